The Morgan fingerprint density at radius 2 is 2.05 bits per heavy atom. The van der Waals surface area contributed by atoms with Gasteiger partial charge >= 0.3 is 0 Å². The molecule has 1 aromatic carbocycles. The van der Waals surface area contributed by atoms with Gasteiger partial charge < -0.3 is 5.32 Å². The summed E-state index contributed by atoms with van der Waals surface area (Å²) in [5, 5.41) is 5.57. The molecule has 1 unspecified atom stereocenters. The Morgan fingerprint density at radius 1 is 1.19 bits per heavy atom. The van der Waals surface area contributed by atoms with E-state index in [1.54, 1.807) is 6.20 Å². The summed E-state index contributed by atoms with van der Waals surface area (Å²) in [5.41, 5.74) is 2.53. The molecule has 1 aromatic heterocycles. The summed E-state index contributed by atoms with van der Waals surface area (Å²) in [6, 6.07) is 8.65. The minimum atomic E-state index is 0.486. The van der Waals surface area contributed by atoms with Gasteiger partial charge in [0.05, 0.1) is 10.5 Å². The molecule has 1 aliphatic carbocycles. The van der Waals surface area contributed by atoms with Gasteiger partial charge in [-0.3, -0.25) is 4.98 Å². The lowest BCUT2D eigenvalue weighted by Gasteiger charge is -2.22. The number of nitrogens with one attached hydrogen (secondary N) is 1. The molecule has 1 saturated carbocycles. The van der Waals surface area contributed by atoms with Crippen LogP contribution in [0.4, 0.5) is 5.69 Å². The van der Waals surface area contributed by atoms with Crippen LogP contribution in [0.1, 0.15) is 46.0 Å². The van der Waals surface area contributed by atoms with E-state index in [4.69, 9.17) is 11.6 Å². The summed E-state index contributed by atoms with van der Waals surface area (Å²) >= 11 is 6.24. The molecule has 0 bridgehead atoms. The smallest absolute Gasteiger partial charge is 0.0908 e. The molecule has 112 valence electrons. The van der Waals surface area contributed by atoms with Crippen LogP contribution in [0.3, 0.4) is 0 Å². The minimum absolute atomic E-state index is 0.486. The number of fused-ring (bicyclic) bond motifs is 1. The normalized spacial score (nSPS) is 22.0. The zero-order chi connectivity index (χ0) is 14.9. The van der Waals surface area contributed by atoms with E-state index in [-0.39, 0.29) is 0 Å². The van der Waals surface area contributed by atoms with Crippen LogP contribution in [0.2, 0.25) is 5.02 Å². The average Bonchev–Trinajstić information content (AvgIpc) is 2.63. The molecule has 2 aromatic rings. The van der Waals surface area contributed by atoms with E-state index in [2.05, 4.69) is 36.3 Å². The number of pyridine rings is 1. The Kier molecular flexibility index (Phi) is 4.08. The molecule has 1 heterocycles. The van der Waals surface area contributed by atoms with Gasteiger partial charge in [-0.15, -0.1) is 0 Å². The summed E-state index contributed by atoms with van der Waals surface area (Å²) in [6.45, 7) is 4.77. The van der Waals surface area contributed by atoms with E-state index in [0.717, 1.165) is 21.6 Å². The van der Waals surface area contributed by atoms with Crippen molar-refractivity contribution in [1.29, 1.82) is 0 Å². The predicted octanol–water partition coefficient (Wildman–Crippen LogP) is 5.66. The lowest BCUT2D eigenvalue weighted by atomic mass is 9.85. The maximum absolute atomic E-state index is 6.24. The lowest BCUT2D eigenvalue weighted by molar-refractivity contribution is 0.313. The van der Waals surface area contributed by atoms with Crippen LogP contribution in [-0.2, 0) is 0 Å². The summed E-state index contributed by atoms with van der Waals surface area (Å²) in [5.74, 6) is 0. The Labute approximate surface area is 131 Å². The SMILES string of the molecule is CC1(C)CCCC(Nc2ccc(Cl)c3ncccc23)CC1. The highest BCUT2D eigenvalue weighted by molar-refractivity contribution is 6.35. The molecular weight excluding hydrogens is 280 g/mol. The second-order valence-electron chi connectivity index (χ2n) is 6.93. The maximum Gasteiger partial charge on any atom is 0.0908 e. The van der Waals surface area contributed by atoms with Gasteiger partial charge in [0.1, 0.15) is 0 Å². The minimum Gasteiger partial charge on any atom is -0.382 e. The molecule has 21 heavy (non-hydrogen) atoms. The highest BCUT2D eigenvalue weighted by atomic mass is 35.5. The first-order chi connectivity index (χ1) is 10.1. The predicted molar refractivity (Wildman–Crippen MR) is 91.0 cm³/mol. The van der Waals surface area contributed by atoms with Gasteiger partial charge in [-0.05, 0) is 55.4 Å². The van der Waals surface area contributed by atoms with E-state index in [9.17, 15) is 0 Å². The van der Waals surface area contributed by atoms with Crippen molar-refractivity contribution in [2.75, 3.05) is 5.32 Å². The van der Waals surface area contributed by atoms with Crippen molar-refractivity contribution in [1.82, 2.24) is 4.98 Å². The molecule has 3 rings (SSSR count). The van der Waals surface area contributed by atoms with Gasteiger partial charge in [-0.1, -0.05) is 31.9 Å². The van der Waals surface area contributed by atoms with Crippen molar-refractivity contribution in [3.05, 3.63) is 35.5 Å². The van der Waals surface area contributed by atoms with Crippen LogP contribution in [0.25, 0.3) is 10.9 Å². The van der Waals surface area contributed by atoms with Crippen LogP contribution in [-0.4, -0.2) is 11.0 Å². The molecule has 3 heteroatoms. The van der Waals surface area contributed by atoms with Crippen molar-refractivity contribution < 1.29 is 0 Å². The summed E-state index contributed by atoms with van der Waals surface area (Å²) < 4.78 is 0. The number of nitrogens with zero attached hydrogens (tertiary/aromatic N) is 1. The van der Waals surface area contributed by atoms with E-state index >= 15 is 0 Å². The number of benzene rings is 1. The zero-order valence-corrected chi connectivity index (χ0v) is 13.6. The van der Waals surface area contributed by atoms with Gasteiger partial charge in [0.25, 0.3) is 0 Å². The molecule has 0 saturated heterocycles. The van der Waals surface area contributed by atoms with Crippen molar-refractivity contribution >= 4 is 28.2 Å². The largest absolute Gasteiger partial charge is 0.382 e. The fraction of sp³-hybridized carbons (Fsp3) is 0.500. The summed E-state index contributed by atoms with van der Waals surface area (Å²) in [7, 11) is 0. The number of anilines is 1. The molecule has 2 nitrogen and oxygen atoms in total. The molecule has 0 amide bonds. The first-order valence-electron chi connectivity index (χ1n) is 7.85. The molecule has 0 radical (unpaired) electrons. The number of hydrogen-bond acceptors (Lipinski definition) is 2. The number of rotatable bonds is 2. The quantitative estimate of drug-likeness (QED) is 0.724. The second kappa shape index (κ2) is 5.84. The van der Waals surface area contributed by atoms with Crippen LogP contribution in [0.5, 0.6) is 0 Å². The number of hydrogen-bond donors (Lipinski definition) is 1. The zero-order valence-electron chi connectivity index (χ0n) is 12.8. The maximum atomic E-state index is 6.24. The highest BCUT2D eigenvalue weighted by Crippen LogP contribution is 2.36. The van der Waals surface area contributed by atoms with Crippen LogP contribution in [0.15, 0.2) is 30.5 Å². The van der Waals surface area contributed by atoms with Gasteiger partial charge in [-0.2, -0.15) is 0 Å². The van der Waals surface area contributed by atoms with Gasteiger partial charge in [0.2, 0.25) is 0 Å². The second-order valence-corrected chi connectivity index (χ2v) is 7.34. The van der Waals surface area contributed by atoms with Gasteiger partial charge in [-0.25, -0.2) is 0 Å². The Bertz CT molecular complexity index is 636. The van der Waals surface area contributed by atoms with Crippen LogP contribution >= 0.6 is 11.6 Å². The van der Waals surface area contributed by atoms with Crippen molar-refractivity contribution in [3.63, 3.8) is 0 Å². The third kappa shape index (κ3) is 3.32. The van der Waals surface area contributed by atoms with Gasteiger partial charge in [0.15, 0.2) is 0 Å². The van der Waals surface area contributed by atoms with Crippen LogP contribution < -0.4 is 5.32 Å². The molecule has 0 spiro atoms. The van der Waals surface area contributed by atoms with Crippen LogP contribution in [0, 0.1) is 5.41 Å². The van der Waals surface area contributed by atoms with E-state index in [1.807, 2.05) is 12.1 Å². The molecule has 1 N–H and O–H groups in total. The van der Waals surface area contributed by atoms with E-state index < -0.39 is 0 Å². The first kappa shape index (κ1) is 14.6. The average molecular weight is 303 g/mol. The Morgan fingerprint density at radius 3 is 2.90 bits per heavy atom. The summed E-state index contributed by atoms with van der Waals surface area (Å²) in [6.07, 6.45) is 8.19. The highest BCUT2D eigenvalue weighted by Gasteiger charge is 2.24. The molecular formula is C18H23ClN2. The number of halogens is 1. The van der Waals surface area contributed by atoms with Crippen molar-refractivity contribution in [2.24, 2.45) is 5.41 Å². The van der Waals surface area contributed by atoms with Crippen molar-refractivity contribution in [2.45, 2.75) is 52.0 Å². The molecule has 1 aliphatic rings. The lowest BCUT2D eigenvalue weighted by Crippen LogP contribution is -2.19. The third-order valence-corrected chi connectivity index (χ3v) is 4.96. The van der Waals surface area contributed by atoms with Crippen molar-refractivity contribution in [3.8, 4) is 0 Å². The topological polar surface area (TPSA) is 24.9 Å². The standard InChI is InChI=1S/C18H23ClN2/c1-18(2)10-3-5-13(9-11-18)21-16-8-7-15(19)17-14(16)6-4-12-20-17/h4,6-8,12-13,21H,3,5,9-11H2,1-2H3. The monoisotopic (exact) mass is 302 g/mol. The van der Waals surface area contributed by atoms with E-state index in [1.165, 1.54) is 32.1 Å². The Hall–Kier alpha value is -1.28. The molecule has 1 fully saturated rings. The Balaban J connectivity index is 1.84. The van der Waals surface area contributed by atoms with Gasteiger partial charge in [0, 0.05) is 23.3 Å². The third-order valence-electron chi connectivity index (χ3n) is 4.66. The van der Waals surface area contributed by atoms with E-state index in [0.29, 0.717) is 11.5 Å². The molecule has 1 atom stereocenters. The first-order valence-corrected chi connectivity index (χ1v) is 8.23. The fourth-order valence-corrected chi connectivity index (χ4v) is 3.50. The summed E-state index contributed by atoms with van der Waals surface area (Å²) in [4.78, 5) is 4.40. The molecule has 0 aliphatic heterocycles. The fourth-order valence-electron chi connectivity index (χ4n) is 3.29. The number of aromatic nitrogens is 1.